The molecule has 2 nitrogen and oxygen atoms in total. The number of benzene rings is 1. The van der Waals surface area contributed by atoms with E-state index < -0.39 is 8.03 Å². The molecule has 0 fully saturated rings. The fourth-order valence-electron chi connectivity index (χ4n) is 2.23. The number of rotatable bonds is 10. The molecule has 1 aromatic rings. The normalized spacial score (nSPS) is 12.5. The molecule has 1 N–H and O–H groups in total. The van der Waals surface area contributed by atoms with Gasteiger partial charge in [0.2, 0.25) is 0 Å². The van der Waals surface area contributed by atoms with E-state index in [1.165, 1.54) is 49.7 Å². The Bertz CT molecular complexity index is 360. The van der Waals surface area contributed by atoms with E-state index in [1.807, 2.05) is 0 Å². The average molecular weight is 282 g/mol. The Labute approximate surface area is 118 Å². The van der Waals surface area contributed by atoms with Gasteiger partial charge >= 0.3 is 0 Å². The number of unbranched alkanes of at least 4 members (excludes halogenated alkanes) is 5. The lowest BCUT2D eigenvalue weighted by atomic mass is 10.0. The first kappa shape index (κ1) is 16.5. The first-order chi connectivity index (χ1) is 9.22. The average Bonchev–Trinajstić information content (AvgIpc) is 2.41. The van der Waals surface area contributed by atoms with E-state index in [-0.39, 0.29) is 0 Å². The van der Waals surface area contributed by atoms with Gasteiger partial charge in [-0.25, -0.2) is 0 Å². The summed E-state index contributed by atoms with van der Waals surface area (Å²) in [6, 6.07) is 8.51. The van der Waals surface area contributed by atoms with E-state index in [9.17, 15) is 4.57 Å². The third kappa shape index (κ3) is 8.23. The van der Waals surface area contributed by atoms with Gasteiger partial charge in [-0.1, -0.05) is 63.3 Å². The maximum atomic E-state index is 10.7. The minimum absolute atomic E-state index is 0.404. The van der Waals surface area contributed by atoms with Crippen molar-refractivity contribution in [2.75, 3.05) is 6.16 Å². The van der Waals surface area contributed by atoms with Crippen molar-refractivity contribution in [3.63, 3.8) is 0 Å². The van der Waals surface area contributed by atoms with Gasteiger partial charge < -0.3 is 4.89 Å². The molecule has 1 aromatic carbocycles. The summed E-state index contributed by atoms with van der Waals surface area (Å²) >= 11 is 0. The molecule has 0 bridgehead atoms. The van der Waals surface area contributed by atoms with Crippen LogP contribution < -0.4 is 0 Å². The molecule has 108 valence electrons. The molecule has 19 heavy (non-hydrogen) atoms. The fourth-order valence-corrected chi connectivity index (χ4v) is 2.74. The van der Waals surface area contributed by atoms with Gasteiger partial charge in [-0.15, -0.1) is 0 Å². The third-order valence-electron chi connectivity index (χ3n) is 3.47. The highest BCUT2D eigenvalue weighted by molar-refractivity contribution is 7.37. The molecule has 0 amide bonds. The zero-order chi connectivity index (χ0) is 13.9. The van der Waals surface area contributed by atoms with Gasteiger partial charge in [0.1, 0.15) is 0 Å². The monoisotopic (exact) mass is 282 g/mol. The Kier molecular flexibility index (Phi) is 8.86. The molecule has 0 aliphatic carbocycles. The first-order valence-corrected chi connectivity index (χ1v) is 9.08. The van der Waals surface area contributed by atoms with Crippen LogP contribution in [0.4, 0.5) is 0 Å². The second-order valence-electron chi connectivity index (χ2n) is 5.23. The summed E-state index contributed by atoms with van der Waals surface area (Å²) in [6.45, 7) is 2.25. The maximum Gasteiger partial charge on any atom is 0.189 e. The molecule has 0 aromatic heterocycles. The van der Waals surface area contributed by atoms with Crippen molar-refractivity contribution in [3.05, 3.63) is 35.4 Å². The highest BCUT2D eigenvalue weighted by Gasteiger charge is 1.98. The lowest BCUT2D eigenvalue weighted by Gasteiger charge is -2.04. The van der Waals surface area contributed by atoms with Gasteiger partial charge in [0.25, 0.3) is 0 Å². The number of hydrogen-bond acceptors (Lipinski definition) is 1. The van der Waals surface area contributed by atoms with Crippen LogP contribution in [0.5, 0.6) is 0 Å². The molecule has 3 heteroatoms. The van der Waals surface area contributed by atoms with Crippen LogP contribution in [0.3, 0.4) is 0 Å². The second-order valence-corrected chi connectivity index (χ2v) is 6.52. The summed E-state index contributed by atoms with van der Waals surface area (Å²) < 4.78 is 10.7. The minimum atomic E-state index is -2.32. The molecular formula is C16H27O2P. The molecule has 0 saturated carbocycles. The van der Waals surface area contributed by atoms with Crippen molar-refractivity contribution in [2.45, 2.75) is 58.3 Å². The molecular weight excluding hydrogens is 255 g/mol. The molecule has 0 radical (unpaired) electrons. The van der Waals surface area contributed by atoms with E-state index >= 15 is 0 Å². The van der Waals surface area contributed by atoms with Crippen molar-refractivity contribution in [3.8, 4) is 0 Å². The van der Waals surface area contributed by atoms with Crippen LogP contribution in [0.2, 0.25) is 0 Å². The Morgan fingerprint density at radius 2 is 1.42 bits per heavy atom. The highest BCUT2D eigenvalue weighted by Crippen LogP contribution is 2.16. The summed E-state index contributed by atoms with van der Waals surface area (Å²) in [7, 11) is -2.32. The predicted molar refractivity (Wildman–Crippen MR) is 83.3 cm³/mol. The highest BCUT2D eigenvalue weighted by atomic mass is 31.1. The van der Waals surface area contributed by atoms with E-state index in [0.29, 0.717) is 12.6 Å². The summed E-state index contributed by atoms with van der Waals surface area (Å²) in [6.07, 6.45) is 10.3. The maximum absolute atomic E-state index is 10.7. The molecule has 0 aliphatic rings. The smallest absolute Gasteiger partial charge is 0.189 e. The van der Waals surface area contributed by atoms with Crippen molar-refractivity contribution in [1.29, 1.82) is 0 Å². The lowest BCUT2D eigenvalue weighted by molar-refractivity contribution is 0.502. The van der Waals surface area contributed by atoms with E-state index in [0.717, 1.165) is 6.42 Å². The van der Waals surface area contributed by atoms with Crippen molar-refractivity contribution < 1.29 is 9.46 Å². The Hall–Kier alpha value is -0.590. The fraction of sp³-hybridized carbons (Fsp3) is 0.625. The summed E-state index contributed by atoms with van der Waals surface area (Å²) in [5, 5.41) is 0. The van der Waals surface area contributed by atoms with Crippen LogP contribution in [0.25, 0.3) is 0 Å². The van der Waals surface area contributed by atoms with E-state index in [2.05, 4.69) is 31.2 Å². The molecule has 0 saturated heterocycles. The Balaban J connectivity index is 2.19. The van der Waals surface area contributed by atoms with Crippen molar-refractivity contribution >= 4 is 8.03 Å². The quantitative estimate of drug-likeness (QED) is 0.503. The van der Waals surface area contributed by atoms with Gasteiger partial charge in [0, 0.05) is 6.16 Å². The van der Waals surface area contributed by atoms with Crippen LogP contribution in [0, 0.1) is 0 Å². The molecule has 0 aliphatic heterocycles. The van der Waals surface area contributed by atoms with Gasteiger partial charge in [-0.05, 0) is 30.4 Å². The first-order valence-electron chi connectivity index (χ1n) is 7.52. The predicted octanol–water partition coefficient (Wildman–Crippen LogP) is 4.60. The van der Waals surface area contributed by atoms with Crippen molar-refractivity contribution in [2.24, 2.45) is 0 Å². The van der Waals surface area contributed by atoms with Crippen LogP contribution in [-0.4, -0.2) is 11.1 Å². The molecule has 1 atom stereocenters. The standard InChI is InChI=1S/C16H27O2P/c1-2-3-4-5-6-7-8-15-9-11-16(12-10-15)13-14-19(17)18/h9-12,19H,2-8,13-14H2,1H3,(H,17,18). The minimum Gasteiger partial charge on any atom is -0.346 e. The van der Waals surface area contributed by atoms with Crippen LogP contribution in [0.15, 0.2) is 24.3 Å². The van der Waals surface area contributed by atoms with Crippen molar-refractivity contribution in [1.82, 2.24) is 0 Å². The zero-order valence-electron chi connectivity index (χ0n) is 12.0. The number of hydrogen-bond donors (Lipinski definition) is 1. The number of aryl methyl sites for hydroxylation is 2. The molecule has 1 rings (SSSR count). The summed E-state index contributed by atoms with van der Waals surface area (Å²) in [4.78, 5) is 8.82. The second kappa shape index (κ2) is 10.2. The Morgan fingerprint density at radius 3 is 2.00 bits per heavy atom. The Morgan fingerprint density at radius 1 is 0.895 bits per heavy atom. The third-order valence-corrected chi connectivity index (χ3v) is 4.15. The van der Waals surface area contributed by atoms with Gasteiger partial charge in [-0.3, -0.25) is 4.57 Å². The van der Waals surface area contributed by atoms with Crippen LogP contribution >= 0.6 is 8.03 Å². The molecule has 0 spiro atoms. The van der Waals surface area contributed by atoms with Gasteiger partial charge in [-0.2, -0.15) is 0 Å². The largest absolute Gasteiger partial charge is 0.346 e. The summed E-state index contributed by atoms with van der Waals surface area (Å²) in [5.41, 5.74) is 2.55. The summed E-state index contributed by atoms with van der Waals surface area (Å²) in [5.74, 6) is 0. The zero-order valence-corrected chi connectivity index (χ0v) is 13.0. The topological polar surface area (TPSA) is 37.3 Å². The molecule has 0 heterocycles. The van der Waals surface area contributed by atoms with Gasteiger partial charge in [0.15, 0.2) is 8.03 Å². The van der Waals surface area contributed by atoms with Gasteiger partial charge in [0.05, 0.1) is 0 Å². The lowest BCUT2D eigenvalue weighted by Crippen LogP contribution is -1.90. The van der Waals surface area contributed by atoms with E-state index in [1.54, 1.807) is 0 Å². The van der Waals surface area contributed by atoms with Crippen LogP contribution in [0.1, 0.15) is 56.6 Å². The SMILES string of the molecule is CCCCCCCCc1ccc(CC[PH](=O)O)cc1. The molecule has 1 unspecified atom stereocenters. The van der Waals surface area contributed by atoms with Crippen LogP contribution in [-0.2, 0) is 17.4 Å². The van der Waals surface area contributed by atoms with E-state index in [4.69, 9.17) is 4.89 Å².